The molecule has 0 spiro atoms. The lowest BCUT2D eigenvalue weighted by molar-refractivity contribution is -0.127. The van der Waals surface area contributed by atoms with Gasteiger partial charge in [-0.25, -0.2) is 0 Å². The maximum absolute atomic E-state index is 11.5. The Balaban J connectivity index is 2.61. The van der Waals surface area contributed by atoms with E-state index in [1.807, 2.05) is 4.90 Å². The van der Waals surface area contributed by atoms with Gasteiger partial charge in [-0.3, -0.25) is 4.79 Å². The first-order valence-electron chi connectivity index (χ1n) is 4.82. The van der Waals surface area contributed by atoms with Crippen molar-refractivity contribution >= 4 is 15.4 Å². The summed E-state index contributed by atoms with van der Waals surface area (Å²) in [6.07, 6.45) is 2.46. The molecule has 0 aromatic rings. The van der Waals surface area contributed by atoms with Crippen LogP contribution in [0.15, 0.2) is 12.7 Å². The molecular formula is C10H17NO2Si. The summed E-state index contributed by atoms with van der Waals surface area (Å²) in [5.41, 5.74) is 0.652. The SMILES string of the molecule is C=CC(=O)N1CC([Si]C)C[C@@H]1COC. The van der Waals surface area contributed by atoms with E-state index in [2.05, 4.69) is 13.1 Å². The fraction of sp³-hybridized carbons (Fsp3) is 0.700. The van der Waals surface area contributed by atoms with Crippen LogP contribution in [-0.2, 0) is 9.53 Å². The number of amides is 1. The van der Waals surface area contributed by atoms with Gasteiger partial charge < -0.3 is 9.64 Å². The average molecular weight is 211 g/mol. The van der Waals surface area contributed by atoms with Crippen LogP contribution < -0.4 is 0 Å². The molecule has 3 nitrogen and oxygen atoms in total. The minimum atomic E-state index is 0.0350. The molecule has 2 atom stereocenters. The number of ether oxygens (including phenoxy) is 1. The molecule has 4 heteroatoms. The minimum Gasteiger partial charge on any atom is -0.383 e. The Morgan fingerprint density at radius 3 is 3.00 bits per heavy atom. The molecule has 0 aromatic carbocycles. The normalized spacial score (nSPS) is 26.6. The minimum absolute atomic E-state index is 0.0350. The topological polar surface area (TPSA) is 29.5 Å². The molecule has 0 bridgehead atoms. The van der Waals surface area contributed by atoms with Crippen LogP contribution in [0.3, 0.4) is 0 Å². The van der Waals surface area contributed by atoms with Gasteiger partial charge in [0, 0.05) is 23.2 Å². The molecule has 78 valence electrons. The summed E-state index contributed by atoms with van der Waals surface area (Å²) in [5, 5.41) is 0. The van der Waals surface area contributed by atoms with Crippen molar-refractivity contribution in [3.05, 3.63) is 12.7 Å². The third-order valence-corrected chi connectivity index (χ3v) is 3.87. The van der Waals surface area contributed by atoms with Crippen LogP contribution in [0.25, 0.3) is 0 Å². The Bertz CT molecular complexity index is 220. The zero-order chi connectivity index (χ0) is 10.6. The molecule has 1 unspecified atom stereocenters. The first-order valence-corrected chi connectivity index (χ1v) is 6.40. The van der Waals surface area contributed by atoms with Crippen molar-refractivity contribution in [2.75, 3.05) is 20.3 Å². The van der Waals surface area contributed by atoms with Crippen molar-refractivity contribution in [2.45, 2.75) is 24.6 Å². The predicted octanol–water partition coefficient (Wildman–Crippen LogP) is 0.960. The van der Waals surface area contributed by atoms with E-state index in [-0.39, 0.29) is 11.9 Å². The van der Waals surface area contributed by atoms with Crippen molar-refractivity contribution in [1.82, 2.24) is 4.90 Å². The highest BCUT2D eigenvalue weighted by Gasteiger charge is 2.33. The molecule has 2 radical (unpaired) electrons. The monoisotopic (exact) mass is 211 g/mol. The summed E-state index contributed by atoms with van der Waals surface area (Å²) in [7, 11) is 2.58. The van der Waals surface area contributed by atoms with Crippen molar-refractivity contribution in [3.8, 4) is 0 Å². The number of hydrogen-bond donors (Lipinski definition) is 0. The first-order chi connectivity index (χ1) is 6.72. The summed E-state index contributed by atoms with van der Waals surface area (Å²) >= 11 is 0. The van der Waals surface area contributed by atoms with Crippen molar-refractivity contribution in [1.29, 1.82) is 0 Å². The van der Waals surface area contributed by atoms with E-state index in [1.54, 1.807) is 7.11 Å². The molecule has 14 heavy (non-hydrogen) atoms. The molecule has 1 rings (SSSR count). The van der Waals surface area contributed by atoms with E-state index in [0.717, 1.165) is 22.5 Å². The summed E-state index contributed by atoms with van der Waals surface area (Å²) in [6.45, 7) is 7.22. The highest BCUT2D eigenvalue weighted by Crippen LogP contribution is 2.27. The standard InChI is InChI=1S/C10H17NO2Si/c1-4-10(12)11-6-9(14-3)5-8(11)7-13-2/h4,8-9H,1,5-7H2,2-3H3/t8-,9?/m1/s1. The zero-order valence-corrected chi connectivity index (χ0v) is 9.82. The number of carbonyl (C=O) groups is 1. The lowest BCUT2D eigenvalue weighted by atomic mass is 10.2. The lowest BCUT2D eigenvalue weighted by Crippen LogP contribution is -2.37. The quantitative estimate of drug-likeness (QED) is 0.512. The van der Waals surface area contributed by atoms with Gasteiger partial charge in [-0.05, 0) is 18.0 Å². The van der Waals surface area contributed by atoms with Crippen LogP contribution in [0, 0.1) is 0 Å². The van der Waals surface area contributed by atoms with Crippen LogP contribution >= 0.6 is 0 Å². The highest BCUT2D eigenvalue weighted by atomic mass is 28.2. The second kappa shape index (κ2) is 5.31. The zero-order valence-electron chi connectivity index (χ0n) is 8.82. The number of hydrogen-bond acceptors (Lipinski definition) is 2. The predicted molar refractivity (Wildman–Crippen MR) is 57.6 cm³/mol. The second-order valence-corrected chi connectivity index (χ2v) is 4.92. The second-order valence-electron chi connectivity index (χ2n) is 3.53. The molecular weight excluding hydrogens is 194 g/mol. The maximum atomic E-state index is 11.5. The molecule has 0 aromatic heterocycles. The van der Waals surface area contributed by atoms with Gasteiger partial charge in [0.15, 0.2) is 0 Å². The Hall–Kier alpha value is -0.613. The van der Waals surface area contributed by atoms with Gasteiger partial charge >= 0.3 is 0 Å². The summed E-state index contributed by atoms with van der Waals surface area (Å²) in [6, 6.07) is 0.253. The molecule has 0 N–H and O–H groups in total. The van der Waals surface area contributed by atoms with Crippen LogP contribution in [0.2, 0.25) is 12.1 Å². The van der Waals surface area contributed by atoms with Crippen molar-refractivity contribution in [3.63, 3.8) is 0 Å². The van der Waals surface area contributed by atoms with E-state index in [4.69, 9.17) is 4.74 Å². The number of rotatable bonds is 4. The molecule has 1 amide bonds. The van der Waals surface area contributed by atoms with Gasteiger partial charge in [0.05, 0.1) is 12.6 Å². The third-order valence-electron chi connectivity index (χ3n) is 2.64. The smallest absolute Gasteiger partial charge is 0.246 e. The Kier molecular flexibility index (Phi) is 4.35. The van der Waals surface area contributed by atoms with Gasteiger partial charge in [0.2, 0.25) is 5.91 Å². The fourth-order valence-electron chi connectivity index (χ4n) is 1.86. The van der Waals surface area contributed by atoms with Crippen molar-refractivity contribution in [2.24, 2.45) is 0 Å². The van der Waals surface area contributed by atoms with E-state index < -0.39 is 0 Å². The Labute approximate surface area is 87.9 Å². The third kappa shape index (κ3) is 2.45. The molecule has 0 aliphatic carbocycles. The summed E-state index contributed by atoms with van der Waals surface area (Å²) in [5.74, 6) is 0.0350. The Morgan fingerprint density at radius 1 is 1.79 bits per heavy atom. The maximum Gasteiger partial charge on any atom is 0.246 e. The summed E-state index contributed by atoms with van der Waals surface area (Å²) < 4.78 is 5.12. The van der Waals surface area contributed by atoms with E-state index in [1.165, 1.54) is 6.08 Å². The number of nitrogens with zero attached hydrogens (tertiary/aromatic N) is 1. The largest absolute Gasteiger partial charge is 0.383 e. The van der Waals surface area contributed by atoms with Crippen LogP contribution in [0.5, 0.6) is 0 Å². The average Bonchev–Trinajstić information content (AvgIpc) is 2.61. The van der Waals surface area contributed by atoms with Gasteiger partial charge in [0.25, 0.3) is 0 Å². The van der Waals surface area contributed by atoms with E-state index >= 15 is 0 Å². The first kappa shape index (κ1) is 11.5. The van der Waals surface area contributed by atoms with Crippen LogP contribution in [0.4, 0.5) is 0 Å². The highest BCUT2D eigenvalue weighted by molar-refractivity contribution is 6.36. The van der Waals surface area contributed by atoms with Crippen LogP contribution in [0.1, 0.15) is 6.42 Å². The molecule has 1 aliphatic rings. The molecule has 1 fully saturated rings. The Morgan fingerprint density at radius 2 is 2.50 bits per heavy atom. The number of carbonyl (C=O) groups excluding carboxylic acids is 1. The molecule has 0 saturated carbocycles. The number of methoxy groups -OCH3 is 1. The van der Waals surface area contributed by atoms with Crippen LogP contribution in [-0.4, -0.2) is 46.6 Å². The number of likely N-dealkylation sites (tertiary alicyclic amines) is 1. The van der Waals surface area contributed by atoms with Gasteiger partial charge in [-0.1, -0.05) is 13.1 Å². The lowest BCUT2D eigenvalue weighted by Gasteiger charge is -2.22. The molecule has 1 saturated heterocycles. The van der Waals surface area contributed by atoms with Gasteiger partial charge in [0.1, 0.15) is 0 Å². The van der Waals surface area contributed by atoms with Gasteiger partial charge in [-0.2, -0.15) is 0 Å². The van der Waals surface area contributed by atoms with Gasteiger partial charge in [-0.15, -0.1) is 0 Å². The molecule has 1 heterocycles. The van der Waals surface area contributed by atoms with E-state index in [0.29, 0.717) is 12.1 Å². The van der Waals surface area contributed by atoms with E-state index in [9.17, 15) is 4.79 Å². The fourth-order valence-corrected chi connectivity index (χ4v) is 2.75. The van der Waals surface area contributed by atoms with Crippen molar-refractivity contribution < 1.29 is 9.53 Å². The summed E-state index contributed by atoms with van der Waals surface area (Å²) in [4.78, 5) is 13.4. The molecule has 1 aliphatic heterocycles.